The van der Waals surface area contributed by atoms with Crippen LogP contribution in [0, 0.1) is 5.92 Å². The normalized spacial score (nSPS) is 23.4. The molecule has 168 valence electrons. The number of aromatic nitrogens is 2. The molecule has 4 atom stereocenters. The van der Waals surface area contributed by atoms with Crippen molar-refractivity contribution in [3.05, 3.63) is 22.7 Å². The fraction of sp³-hybridized carbons (Fsp3) is 0.600. The van der Waals surface area contributed by atoms with Gasteiger partial charge in [0.1, 0.15) is 11.9 Å². The summed E-state index contributed by atoms with van der Waals surface area (Å²) in [5, 5.41) is 29.8. The summed E-state index contributed by atoms with van der Waals surface area (Å²) >= 11 is 0. The fourth-order valence-corrected chi connectivity index (χ4v) is 3.72. The van der Waals surface area contributed by atoms with Gasteiger partial charge < -0.3 is 30.7 Å². The monoisotopic (exact) mass is 450 g/mol. The van der Waals surface area contributed by atoms with Gasteiger partial charge in [0.05, 0.1) is 12.7 Å². The van der Waals surface area contributed by atoms with Crippen LogP contribution in [0.4, 0.5) is 5.82 Å². The molecule has 0 radical (unpaired) electrons. The van der Waals surface area contributed by atoms with Gasteiger partial charge in [-0.25, -0.2) is 14.4 Å². The van der Waals surface area contributed by atoms with Crippen LogP contribution in [0.5, 0.6) is 0 Å². The number of aliphatic hydroxyl groups is 1. The van der Waals surface area contributed by atoms with E-state index in [1.807, 2.05) is 0 Å². The molecule has 15 heteroatoms. The fourth-order valence-electron chi connectivity index (χ4n) is 2.82. The first-order chi connectivity index (χ1) is 14.0. The maximum atomic E-state index is 12.0. The minimum Gasteiger partial charge on any atom is -0.481 e. The molecule has 1 fully saturated rings. The van der Waals surface area contributed by atoms with Crippen LogP contribution in [-0.2, 0) is 23.4 Å². The maximum Gasteiger partial charge on any atom is 0.403 e. The molecule has 2 heterocycles. The van der Waals surface area contributed by atoms with E-state index in [1.165, 1.54) is 12.3 Å². The highest BCUT2D eigenvalue weighted by Gasteiger charge is 2.37. The second-order valence-corrected chi connectivity index (χ2v) is 8.20. The Bertz CT molecular complexity index is 863. The Morgan fingerprint density at radius 2 is 2.10 bits per heavy atom. The van der Waals surface area contributed by atoms with Crippen LogP contribution in [0.1, 0.15) is 25.5 Å². The van der Waals surface area contributed by atoms with Crippen molar-refractivity contribution in [3.63, 3.8) is 0 Å². The number of ether oxygens (including phenoxy) is 1. The van der Waals surface area contributed by atoms with Crippen molar-refractivity contribution in [2.24, 2.45) is 5.92 Å². The second-order valence-electron chi connectivity index (χ2n) is 6.59. The van der Waals surface area contributed by atoms with E-state index >= 15 is 0 Å². The van der Waals surface area contributed by atoms with E-state index in [0.717, 1.165) is 4.57 Å². The number of carboxylic acid groups (broad SMARTS) is 2. The highest BCUT2D eigenvalue weighted by Crippen LogP contribution is 2.38. The minimum absolute atomic E-state index is 0.00491. The molecular weight excluding hydrogens is 427 g/mol. The van der Waals surface area contributed by atoms with Crippen LogP contribution >= 0.6 is 7.75 Å². The van der Waals surface area contributed by atoms with Crippen LogP contribution in [-0.4, -0.2) is 67.1 Å². The lowest BCUT2D eigenvalue weighted by Crippen LogP contribution is -2.31. The molecule has 1 saturated heterocycles. The molecule has 2 rings (SSSR count). The van der Waals surface area contributed by atoms with E-state index in [2.05, 4.69) is 10.1 Å². The zero-order valence-corrected chi connectivity index (χ0v) is 16.6. The lowest BCUT2D eigenvalue weighted by Gasteiger charge is -2.18. The molecule has 1 aromatic heterocycles. The quantitative estimate of drug-likeness (QED) is 0.132. The average molecular weight is 450 g/mol. The van der Waals surface area contributed by atoms with E-state index in [9.17, 15) is 28.9 Å². The van der Waals surface area contributed by atoms with Gasteiger partial charge in [-0.1, -0.05) is 0 Å². The molecule has 1 unspecified atom stereocenters. The van der Waals surface area contributed by atoms with E-state index in [1.54, 1.807) is 0 Å². The number of nitrogen functional groups attached to an aromatic ring is 1. The van der Waals surface area contributed by atoms with Crippen LogP contribution in [0.3, 0.4) is 0 Å². The Morgan fingerprint density at radius 1 is 1.43 bits per heavy atom. The predicted octanol–water partition coefficient (Wildman–Crippen LogP) is -1.25. The third-order valence-corrected chi connectivity index (χ3v) is 5.43. The van der Waals surface area contributed by atoms with Crippen LogP contribution in [0.2, 0.25) is 0 Å². The first-order valence-electron chi connectivity index (χ1n) is 8.86. The molecule has 0 aliphatic carbocycles. The molecule has 0 spiro atoms. The van der Waals surface area contributed by atoms with Crippen molar-refractivity contribution in [2.75, 3.05) is 18.9 Å². The zero-order chi connectivity index (χ0) is 22.5. The van der Waals surface area contributed by atoms with Crippen LogP contribution in [0.15, 0.2) is 17.1 Å². The van der Waals surface area contributed by atoms with Gasteiger partial charge >= 0.3 is 25.4 Å². The third kappa shape index (κ3) is 6.58. The molecule has 0 amide bonds. The number of rotatable bonds is 11. The number of anilines is 1. The van der Waals surface area contributed by atoms with Crippen molar-refractivity contribution < 1.29 is 43.6 Å². The van der Waals surface area contributed by atoms with Gasteiger partial charge in [-0.3, -0.25) is 18.7 Å². The van der Waals surface area contributed by atoms with Gasteiger partial charge in [0.2, 0.25) is 0 Å². The molecule has 1 aliphatic rings. The number of aliphatic carboxylic acids is 2. The first-order valence-corrected chi connectivity index (χ1v) is 10.4. The van der Waals surface area contributed by atoms with Gasteiger partial charge in [0, 0.05) is 19.2 Å². The van der Waals surface area contributed by atoms with Gasteiger partial charge in [-0.2, -0.15) is 4.98 Å². The lowest BCUT2D eigenvalue weighted by atomic mass is 10.0. The Labute approximate surface area is 169 Å². The van der Waals surface area contributed by atoms with E-state index in [4.69, 9.17) is 25.2 Å². The zero-order valence-electron chi connectivity index (χ0n) is 15.7. The molecule has 7 N–H and O–H groups in total. The van der Waals surface area contributed by atoms with Gasteiger partial charge in [0.25, 0.3) is 0 Å². The van der Waals surface area contributed by atoms with Gasteiger partial charge in [-0.05, 0) is 18.9 Å². The SMILES string of the molecule is Nc1ccn([C@@H]2O[C@H](COP(=O)(O)NCCCC(C(=O)O)C(=O)O)C[C@H]2O)c(=O)n1. The van der Waals surface area contributed by atoms with Crippen molar-refractivity contribution in [1.82, 2.24) is 14.6 Å². The van der Waals surface area contributed by atoms with Crippen LogP contribution < -0.4 is 16.5 Å². The number of nitrogens with two attached hydrogens (primary N) is 1. The number of hydrogen-bond donors (Lipinski definition) is 6. The molecule has 30 heavy (non-hydrogen) atoms. The Kier molecular flexibility index (Phi) is 8.06. The molecule has 1 aliphatic heterocycles. The Balaban J connectivity index is 1.80. The van der Waals surface area contributed by atoms with Gasteiger partial charge in [0.15, 0.2) is 12.1 Å². The Morgan fingerprint density at radius 3 is 2.70 bits per heavy atom. The topological polar surface area (TPSA) is 224 Å². The molecule has 0 bridgehead atoms. The van der Waals surface area contributed by atoms with E-state index in [-0.39, 0.29) is 38.2 Å². The molecule has 0 aromatic carbocycles. The smallest absolute Gasteiger partial charge is 0.403 e. The van der Waals surface area contributed by atoms with Crippen LogP contribution in [0.25, 0.3) is 0 Å². The van der Waals surface area contributed by atoms with Crippen molar-refractivity contribution >= 4 is 25.5 Å². The summed E-state index contributed by atoms with van der Waals surface area (Å²) in [5.74, 6) is -4.59. The van der Waals surface area contributed by atoms with Crippen molar-refractivity contribution in [3.8, 4) is 0 Å². The third-order valence-electron chi connectivity index (χ3n) is 4.30. The maximum absolute atomic E-state index is 12.0. The Hall–Kier alpha value is -2.35. The number of aliphatic hydroxyl groups excluding tert-OH is 1. The number of nitrogens with one attached hydrogen (secondary N) is 1. The summed E-state index contributed by atoms with van der Waals surface area (Å²) in [5.41, 5.74) is 4.68. The van der Waals surface area contributed by atoms with Crippen molar-refractivity contribution in [2.45, 2.75) is 37.7 Å². The van der Waals surface area contributed by atoms with Crippen molar-refractivity contribution in [1.29, 1.82) is 0 Å². The largest absolute Gasteiger partial charge is 0.481 e. The average Bonchev–Trinajstić information content (AvgIpc) is 3.00. The highest BCUT2D eigenvalue weighted by atomic mass is 31.2. The highest BCUT2D eigenvalue weighted by molar-refractivity contribution is 7.50. The second kappa shape index (κ2) is 10.1. The number of nitrogens with zero attached hydrogens (tertiary/aromatic N) is 2. The van der Waals surface area contributed by atoms with E-state index in [0.29, 0.717) is 0 Å². The first kappa shape index (κ1) is 23.9. The number of carbonyl (C=O) groups is 2. The van der Waals surface area contributed by atoms with Gasteiger partial charge in [-0.15, -0.1) is 0 Å². The summed E-state index contributed by atoms with van der Waals surface area (Å²) in [7, 11) is -4.28. The molecule has 1 aromatic rings. The molecular formula is C15H23N4O10P. The summed E-state index contributed by atoms with van der Waals surface area (Å²) in [4.78, 5) is 46.7. The summed E-state index contributed by atoms with van der Waals surface area (Å²) in [6.45, 7) is -0.535. The summed E-state index contributed by atoms with van der Waals surface area (Å²) < 4.78 is 23.4. The minimum atomic E-state index is -4.28. The summed E-state index contributed by atoms with van der Waals surface area (Å²) in [6, 6.07) is 1.35. The molecule has 14 nitrogen and oxygen atoms in total. The standard InChI is InChI=1S/C15H23N4O10P/c16-11-3-5-19(15(25)18-11)12-10(20)6-8(29-12)7-28-30(26,27)17-4-1-2-9(13(21)22)14(23)24/h3,5,8-10,12,20H,1-2,4,6-7H2,(H,21,22)(H,23,24)(H2,16,18,25)(H2,17,26,27)/t8-,10+,12+/m0/s1. The lowest BCUT2D eigenvalue weighted by molar-refractivity contribution is -0.154. The number of carboxylic acids is 2. The summed E-state index contributed by atoms with van der Waals surface area (Å²) in [6.07, 6.45) is -1.83. The molecule has 0 saturated carbocycles. The number of hydrogen-bond acceptors (Lipinski definition) is 9. The predicted molar refractivity (Wildman–Crippen MR) is 99.2 cm³/mol. The van der Waals surface area contributed by atoms with E-state index < -0.39 is 49.7 Å².